The number of nitrogens with one attached hydrogen (secondary N) is 1. The summed E-state index contributed by atoms with van der Waals surface area (Å²) in [5.41, 5.74) is 1.60. The van der Waals surface area contributed by atoms with Crippen molar-refractivity contribution in [2.45, 2.75) is 13.5 Å². The Labute approximate surface area is 239 Å². The third kappa shape index (κ3) is 5.62. The highest BCUT2D eigenvalue weighted by Gasteiger charge is 2.35. The van der Waals surface area contributed by atoms with E-state index < -0.39 is 11.8 Å². The molecule has 1 fully saturated rings. The van der Waals surface area contributed by atoms with Crippen LogP contribution < -0.4 is 19.7 Å². The molecule has 7 nitrogen and oxygen atoms in total. The molecule has 0 saturated carbocycles. The standard InChI is InChI=1S/C27H18Cl3N3O4S/c1-2-36-22-12-15(11-20(29)24(22)37-14-17-7-4-3-6-16(17)13-31)10-18-25(34)32-27(38)33(26(18)35)21-9-5-8-19(28)23(21)30/h3-12H,2,14H2,1H3,(H,32,34,38). The summed E-state index contributed by atoms with van der Waals surface area (Å²) in [6, 6.07) is 17.0. The Bertz CT molecular complexity index is 1530. The highest BCUT2D eigenvalue weighted by atomic mass is 35.5. The summed E-state index contributed by atoms with van der Waals surface area (Å²) in [6.07, 6.45) is 1.37. The van der Waals surface area contributed by atoms with Crippen molar-refractivity contribution in [2.24, 2.45) is 0 Å². The van der Waals surface area contributed by atoms with Gasteiger partial charge in [-0.15, -0.1) is 0 Å². The first-order valence-electron chi connectivity index (χ1n) is 11.2. The van der Waals surface area contributed by atoms with Crippen molar-refractivity contribution in [3.05, 3.63) is 91.9 Å². The summed E-state index contributed by atoms with van der Waals surface area (Å²) in [7, 11) is 0. The number of nitrogens with zero attached hydrogens (tertiary/aromatic N) is 2. The second-order valence-corrected chi connectivity index (χ2v) is 9.43. The third-order valence-corrected chi connectivity index (χ3v) is 6.80. The highest BCUT2D eigenvalue weighted by molar-refractivity contribution is 7.80. The Morgan fingerprint density at radius 2 is 1.82 bits per heavy atom. The second-order valence-electron chi connectivity index (χ2n) is 7.85. The zero-order valence-corrected chi connectivity index (χ0v) is 22.8. The molecule has 0 unspecified atom stereocenters. The molecule has 0 radical (unpaired) electrons. The molecule has 192 valence electrons. The smallest absolute Gasteiger partial charge is 0.270 e. The van der Waals surface area contributed by atoms with Crippen LogP contribution in [0.5, 0.6) is 11.5 Å². The topological polar surface area (TPSA) is 91.7 Å². The second kappa shape index (κ2) is 11.8. The Kier molecular flexibility index (Phi) is 8.55. The van der Waals surface area contributed by atoms with Crippen LogP contribution in [0.3, 0.4) is 0 Å². The van der Waals surface area contributed by atoms with E-state index in [9.17, 15) is 14.9 Å². The fourth-order valence-corrected chi connectivity index (χ4v) is 4.62. The summed E-state index contributed by atoms with van der Waals surface area (Å²) in [4.78, 5) is 27.2. The maximum Gasteiger partial charge on any atom is 0.270 e. The van der Waals surface area contributed by atoms with Gasteiger partial charge in [0.1, 0.15) is 12.2 Å². The molecular weight excluding hydrogens is 569 g/mol. The fraction of sp³-hybridized carbons (Fsp3) is 0.111. The van der Waals surface area contributed by atoms with Crippen LogP contribution in [0.25, 0.3) is 6.08 Å². The van der Waals surface area contributed by atoms with Crippen molar-refractivity contribution < 1.29 is 19.1 Å². The largest absolute Gasteiger partial charge is 0.490 e. The molecule has 2 amide bonds. The number of nitriles is 1. The number of anilines is 1. The monoisotopic (exact) mass is 585 g/mol. The molecule has 0 aliphatic carbocycles. The Balaban J connectivity index is 1.69. The van der Waals surface area contributed by atoms with Crippen LogP contribution >= 0.6 is 47.0 Å². The SMILES string of the molecule is CCOc1cc(C=C2C(=O)NC(=S)N(c3cccc(Cl)c3Cl)C2=O)cc(Cl)c1OCc1ccccc1C#N. The lowest BCUT2D eigenvalue weighted by molar-refractivity contribution is -0.122. The van der Waals surface area contributed by atoms with Gasteiger partial charge in [0.25, 0.3) is 11.8 Å². The van der Waals surface area contributed by atoms with Gasteiger partial charge < -0.3 is 9.47 Å². The number of hydrogen-bond acceptors (Lipinski definition) is 6. The Morgan fingerprint density at radius 3 is 2.55 bits per heavy atom. The van der Waals surface area contributed by atoms with Crippen molar-refractivity contribution in [1.29, 1.82) is 5.26 Å². The number of rotatable bonds is 7. The first-order chi connectivity index (χ1) is 18.2. The number of carbonyl (C=O) groups is 2. The van der Waals surface area contributed by atoms with Gasteiger partial charge in [-0.2, -0.15) is 5.26 Å². The Hall–Kier alpha value is -3.61. The number of carbonyl (C=O) groups excluding carboxylic acids is 2. The summed E-state index contributed by atoms with van der Waals surface area (Å²) < 4.78 is 11.7. The lowest BCUT2D eigenvalue weighted by Gasteiger charge is -2.29. The minimum atomic E-state index is -0.689. The molecule has 38 heavy (non-hydrogen) atoms. The van der Waals surface area contributed by atoms with Gasteiger partial charge in [-0.3, -0.25) is 19.8 Å². The van der Waals surface area contributed by atoms with E-state index in [4.69, 9.17) is 56.5 Å². The van der Waals surface area contributed by atoms with Crippen LogP contribution in [0.2, 0.25) is 15.1 Å². The molecular formula is C27H18Cl3N3O4S. The maximum atomic E-state index is 13.4. The van der Waals surface area contributed by atoms with E-state index >= 15 is 0 Å². The number of thiocarbonyl (C=S) groups is 1. The molecule has 0 bridgehead atoms. The van der Waals surface area contributed by atoms with Crippen molar-refractivity contribution in [1.82, 2.24) is 5.32 Å². The van der Waals surface area contributed by atoms with Crippen molar-refractivity contribution >= 4 is 75.7 Å². The van der Waals surface area contributed by atoms with Gasteiger partial charge in [0.05, 0.1) is 39.0 Å². The van der Waals surface area contributed by atoms with E-state index in [0.29, 0.717) is 29.0 Å². The van der Waals surface area contributed by atoms with Crippen molar-refractivity contribution in [3.8, 4) is 17.6 Å². The minimum absolute atomic E-state index is 0.0810. The fourth-order valence-electron chi connectivity index (χ4n) is 3.69. The van der Waals surface area contributed by atoms with Crippen LogP contribution in [0.1, 0.15) is 23.6 Å². The van der Waals surface area contributed by atoms with E-state index in [0.717, 1.165) is 4.90 Å². The average molecular weight is 587 g/mol. The van der Waals surface area contributed by atoms with Crippen LogP contribution in [0, 0.1) is 11.3 Å². The first kappa shape index (κ1) is 27.4. The summed E-state index contributed by atoms with van der Waals surface area (Å²) >= 11 is 24.2. The third-order valence-electron chi connectivity index (χ3n) is 5.43. The molecule has 11 heteroatoms. The first-order valence-corrected chi connectivity index (χ1v) is 12.7. The van der Waals surface area contributed by atoms with Crippen molar-refractivity contribution in [2.75, 3.05) is 11.5 Å². The maximum absolute atomic E-state index is 13.4. The number of ether oxygens (including phenoxy) is 2. The van der Waals surface area contributed by atoms with E-state index in [1.807, 2.05) is 0 Å². The van der Waals surface area contributed by atoms with Crippen molar-refractivity contribution in [3.63, 3.8) is 0 Å². The van der Waals surface area contributed by atoms with E-state index in [2.05, 4.69) is 11.4 Å². The van der Waals surface area contributed by atoms with Gasteiger partial charge in [-0.25, -0.2) is 0 Å². The van der Waals surface area contributed by atoms with Gasteiger partial charge in [0.15, 0.2) is 16.6 Å². The van der Waals surface area contributed by atoms with Crippen LogP contribution in [-0.4, -0.2) is 23.5 Å². The predicted molar refractivity (Wildman–Crippen MR) is 151 cm³/mol. The number of benzene rings is 3. The predicted octanol–water partition coefficient (Wildman–Crippen LogP) is 6.33. The van der Waals surface area contributed by atoms with Crippen LogP contribution in [-0.2, 0) is 16.2 Å². The number of hydrogen-bond donors (Lipinski definition) is 1. The summed E-state index contributed by atoms with van der Waals surface area (Å²) in [5, 5.41) is 12.2. The van der Waals surface area contributed by atoms with Gasteiger partial charge >= 0.3 is 0 Å². The highest BCUT2D eigenvalue weighted by Crippen LogP contribution is 2.39. The number of amides is 2. The van der Waals surface area contributed by atoms with E-state index in [1.54, 1.807) is 55.5 Å². The van der Waals surface area contributed by atoms with E-state index in [1.165, 1.54) is 12.1 Å². The van der Waals surface area contributed by atoms with Crippen LogP contribution in [0.4, 0.5) is 5.69 Å². The average Bonchev–Trinajstić information content (AvgIpc) is 2.89. The zero-order valence-electron chi connectivity index (χ0n) is 19.8. The molecule has 4 rings (SSSR count). The summed E-state index contributed by atoms with van der Waals surface area (Å²) in [5.74, 6) is -0.811. The number of halogens is 3. The molecule has 0 aromatic heterocycles. The molecule has 3 aromatic carbocycles. The lowest BCUT2D eigenvalue weighted by Crippen LogP contribution is -2.54. The zero-order chi connectivity index (χ0) is 27.4. The molecule has 1 N–H and O–H groups in total. The normalized spacial score (nSPS) is 14.3. The molecule has 0 spiro atoms. The molecule has 1 heterocycles. The molecule has 0 atom stereocenters. The Morgan fingerprint density at radius 1 is 1.05 bits per heavy atom. The lowest BCUT2D eigenvalue weighted by atomic mass is 10.1. The summed E-state index contributed by atoms with van der Waals surface area (Å²) in [6.45, 7) is 2.17. The van der Waals surface area contributed by atoms with Crippen LogP contribution in [0.15, 0.2) is 60.2 Å². The van der Waals surface area contributed by atoms with Gasteiger partial charge in [-0.1, -0.05) is 59.1 Å². The minimum Gasteiger partial charge on any atom is -0.490 e. The van der Waals surface area contributed by atoms with Gasteiger partial charge in [0.2, 0.25) is 0 Å². The molecule has 1 saturated heterocycles. The molecule has 1 aliphatic heterocycles. The van der Waals surface area contributed by atoms with Gasteiger partial charge in [0, 0.05) is 5.56 Å². The quantitative estimate of drug-likeness (QED) is 0.198. The molecule has 3 aromatic rings. The molecule has 1 aliphatic rings. The van der Waals surface area contributed by atoms with Gasteiger partial charge in [-0.05, 0) is 61.1 Å². The van der Waals surface area contributed by atoms with E-state index in [-0.39, 0.29) is 43.8 Å².